The third kappa shape index (κ3) is 2.48. The van der Waals surface area contributed by atoms with Gasteiger partial charge in [0.05, 0.1) is 0 Å². The van der Waals surface area contributed by atoms with Crippen LogP contribution in [0.5, 0.6) is 5.75 Å². The van der Waals surface area contributed by atoms with Crippen molar-refractivity contribution in [1.29, 1.82) is 0 Å². The second-order valence-electron chi connectivity index (χ2n) is 3.06. The molecule has 14 heavy (non-hydrogen) atoms. The molecule has 0 aliphatic carbocycles. The average Bonchev–Trinajstić information content (AvgIpc) is 2.11. The fraction of sp³-hybridized carbons (Fsp3) is 0.300. The number of carboxylic acid groups (broad SMARTS) is 1. The molecule has 2 N–H and O–H groups in total. The maximum absolute atomic E-state index is 10.4. The highest BCUT2D eigenvalue weighted by Gasteiger charge is 2.09. The number of carboxylic acids is 1. The summed E-state index contributed by atoms with van der Waals surface area (Å²) in [4.78, 5) is 10.4. The Hall–Kier alpha value is -1.03. The molecule has 1 aromatic rings. The Balaban J connectivity index is 2.95. The Kier molecular flexibility index (Phi) is 3.52. The Morgan fingerprint density at radius 1 is 1.50 bits per heavy atom. The minimum Gasteiger partial charge on any atom is -0.508 e. The van der Waals surface area contributed by atoms with E-state index in [1.165, 1.54) is 0 Å². The topological polar surface area (TPSA) is 57.5 Å². The Bertz CT molecular complexity index is 361. The van der Waals surface area contributed by atoms with E-state index in [-0.39, 0.29) is 12.2 Å². The monoisotopic (exact) mass is 258 g/mol. The van der Waals surface area contributed by atoms with Crippen molar-refractivity contribution in [2.24, 2.45) is 0 Å². The van der Waals surface area contributed by atoms with E-state index in [2.05, 4.69) is 15.9 Å². The third-order valence-electron chi connectivity index (χ3n) is 2.10. The molecule has 4 heteroatoms. The lowest BCUT2D eigenvalue weighted by Crippen LogP contribution is -1.99. The molecular weight excluding hydrogens is 248 g/mol. The zero-order valence-corrected chi connectivity index (χ0v) is 9.34. The van der Waals surface area contributed by atoms with Crippen LogP contribution in [0.3, 0.4) is 0 Å². The fourth-order valence-electron chi connectivity index (χ4n) is 1.26. The van der Waals surface area contributed by atoms with E-state index in [1.807, 2.05) is 6.92 Å². The van der Waals surface area contributed by atoms with Crippen molar-refractivity contribution < 1.29 is 15.0 Å². The van der Waals surface area contributed by atoms with Gasteiger partial charge in [0.1, 0.15) is 5.75 Å². The lowest BCUT2D eigenvalue weighted by atomic mass is 10.0. The molecule has 0 spiro atoms. The van der Waals surface area contributed by atoms with Crippen LogP contribution in [0, 0.1) is 6.92 Å². The van der Waals surface area contributed by atoms with Crippen LogP contribution in [0.4, 0.5) is 0 Å². The first kappa shape index (κ1) is 11.0. The molecule has 3 nitrogen and oxygen atoms in total. The van der Waals surface area contributed by atoms with Crippen LogP contribution in [-0.4, -0.2) is 16.2 Å². The molecule has 0 fully saturated rings. The molecule has 0 aliphatic rings. The van der Waals surface area contributed by atoms with Crippen LogP contribution in [0.15, 0.2) is 16.6 Å². The summed E-state index contributed by atoms with van der Waals surface area (Å²) in [6, 6.07) is 3.31. The van der Waals surface area contributed by atoms with Gasteiger partial charge in [0, 0.05) is 10.9 Å². The highest BCUT2D eigenvalue weighted by molar-refractivity contribution is 9.10. The van der Waals surface area contributed by atoms with Crippen molar-refractivity contribution in [3.63, 3.8) is 0 Å². The van der Waals surface area contributed by atoms with Crippen LogP contribution in [0.25, 0.3) is 0 Å². The first-order valence-electron chi connectivity index (χ1n) is 4.21. The molecule has 1 aromatic carbocycles. The van der Waals surface area contributed by atoms with Gasteiger partial charge in [0.15, 0.2) is 0 Å². The van der Waals surface area contributed by atoms with Gasteiger partial charge in [-0.15, -0.1) is 0 Å². The van der Waals surface area contributed by atoms with E-state index in [0.29, 0.717) is 12.0 Å². The van der Waals surface area contributed by atoms with Crippen molar-refractivity contribution in [2.45, 2.75) is 19.8 Å². The Labute approximate surface area is 90.5 Å². The SMILES string of the molecule is Cc1c(Br)ccc(O)c1CCC(=O)O. The van der Waals surface area contributed by atoms with Crippen molar-refractivity contribution in [2.75, 3.05) is 0 Å². The average molecular weight is 259 g/mol. The second-order valence-corrected chi connectivity index (χ2v) is 3.92. The van der Waals surface area contributed by atoms with Gasteiger partial charge >= 0.3 is 5.97 Å². The highest BCUT2D eigenvalue weighted by atomic mass is 79.9. The summed E-state index contributed by atoms with van der Waals surface area (Å²) in [6.45, 7) is 1.85. The lowest BCUT2D eigenvalue weighted by Gasteiger charge is -2.08. The number of benzene rings is 1. The van der Waals surface area contributed by atoms with E-state index in [9.17, 15) is 9.90 Å². The molecular formula is C10H11BrO3. The van der Waals surface area contributed by atoms with Crippen LogP contribution in [0.2, 0.25) is 0 Å². The summed E-state index contributed by atoms with van der Waals surface area (Å²) in [5, 5.41) is 18.0. The van der Waals surface area contributed by atoms with E-state index in [0.717, 1.165) is 10.0 Å². The van der Waals surface area contributed by atoms with Gasteiger partial charge in [0.25, 0.3) is 0 Å². The largest absolute Gasteiger partial charge is 0.508 e. The highest BCUT2D eigenvalue weighted by Crippen LogP contribution is 2.28. The maximum Gasteiger partial charge on any atom is 0.303 e. The summed E-state index contributed by atoms with van der Waals surface area (Å²) in [6.07, 6.45) is 0.386. The first-order valence-corrected chi connectivity index (χ1v) is 5.00. The van der Waals surface area contributed by atoms with E-state index >= 15 is 0 Å². The number of aliphatic carboxylic acids is 1. The van der Waals surface area contributed by atoms with Crippen molar-refractivity contribution in [3.8, 4) is 5.75 Å². The summed E-state index contributed by atoms with van der Waals surface area (Å²) >= 11 is 3.33. The van der Waals surface area contributed by atoms with Gasteiger partial charge in [-0.1, -0.05) is 15.9 Å². The maximum atomic E-state index is 10.4. The molecule has 1 rings (SSSR count). The number of hydrogen-bond acceptors (Lipinski definition) is 2. The zero-order chi connectivity index (χ0) is 10.7. The summed E-state index contributed by atoms with van der Waals surface area (Å²) in [7, 11) is 0. The van der Waals surface area contributed by atoms with E-state index in [4.69, 9.17) is 5.11 Å². The summed E-state index contributed by atoms with van der Waals surface area (Å²) in [5.41, 5.74) is 1.59. The molecule has 0 atom stereocenters. The van der Waals surface area contributed by atoms with Crippen LogP contribution in [-0.2, 0) is 11.2 Å². The number of aromatic hydroxyl groups is 1. The number of hydrogen-bond donors (Lipinski definition) is 2. The standard InChI is InChI=1S/C10H11BrO3/c1-6-7(2-5-10(13)14)9(12)4-3-8(6)11/h3-4,12H,2,5H2,1H3,(H,13,14). The van der Waals surface area contributed by atoms with Gasteiger partial charge in [0.2, 0.25) is 0 Å². The van der Waals surface area contributed by atoms with Gasteiger partial charge in [-0.25, -0.2) is 0 Å². The lowest BCUT2D eigenvalue weighted by molar-refractivity contribution is -0.136. The minimum absolute atomic E-state index is 0.0326. The van der Waals surface area contributed by atoms with Gasteiger partial charge in [-0.05, 0) is 36.6 Å². The van der Waals surface area contributed by atoms with Crippen molar-refractivity contribution in [1.82, 2.24) is 0 Å². The van der Waals surface area contributed by atoms with Gasteiger partial charge in [-0.3, -0.25) is 4.79 Å². The molecule has 0 aromatic heterocycles. The summed E-state index contributed by atoms with van der Waals surface area (Å²) < 4.78 is 0.885. The fourth-order valence-corrected chi connectivity index (χ4v) is 1.63. The van der Waals surface area contributed by atoms with E-state index < -0.39 is 5.97 Å². The number of phenols is 1. The van der Waals surface area contributed by atoms with Crippen molar-refractivity contribution in [3.05, 3.63) is 27.7 Å². The first-order chi connectivity index (χ1) is 6.52. The summed E-state index contributed by atoms with van der Waals surface area (Å²) in [5.74, 6) is -0.698. The van der Waals surface area contributed by atoms with Crippen molar-refractivity contribution >= 4 is 21.9 Å². The molecule has 0 bridgehead atoms. The smallest absolute Gasteiger partial charge is 0.303 e. The molecule has 0 saturated heterocycles. The van der Waals surface area contributed by atoms with Crippen LogP contribution >= 0.6 is 15.9 Å². The van der Waals surface area contributed by atoms with Gasteiger partial charge in [-0.2, -0.15) is 0 Å². The Morgan fingerprint density at radius 3 is 2.71 bits per heavy atom. The molecule has 0 amide bonds. The number of rotatable bonds is 3. The predicted octanol–water partition coefficient (Wildman–Crippen LogP) is 2.48. The van der Waals surface area contributed by atoms with Crippen LogP contribution in [0.1, 0.15) is 17.5 Å². The van der Waals surface area contributed by atoms with Gasteiger partial charge < -0.3 is 10.2 Å². The van der Waals surface area contributed by atoms with Crippen LogP contribution < -0.4 is 0 Å². The van der Waals surface area contributed by atoms with E-state index in [1.54, 1.807) is 12.1 Å². The quantitative estimate of drug-likeness (QED) is 0.876. The normalized spacial score (nSPS) is 10.1. The number of carbonyl (C=O) groups is 1. The second kappa shape index (κ2) is 4.46. The molecule has 0 heterocycles. The zero-order valence-electron chi connectivity index (χ0n) is 7.75. The molecule has 0 saturated carbocycles. The third-order valence-corrected chi connectivity index (χ3v) is 2.96. The molecule has 0 unspecified atom stereocenters. The number of phenolic OH excluding ortho intramolecular Hbond substituents is 1. The molecule has 76 valence electrons. The molecule has 0 radical (unpaired) electrons. The number of halogens is 1. The minimum atomic E-state index is -0.858. The molecule has 0 aliphatic heterocycles. The Morgan fingerprint density at radius 2 is 2.14 bits per heavy atom. The predicted molar refractivity (Wildman–Crippen MR) is 56.5 cm³/mol.